The van der Waals surface area contributed by atoms with Crippen molar-refractivity contribution in [1.82, 2.24) is 4.90 Å². The Morgan fingerprint density at radius 2 is 2.12 bits per heavy atom. The van der Waals surface area contributed by atoms with Crippen LogP contribution < -0.4 is 5.73 Å². The molecule has 1 saturated carbocycles. The number of carbonyl (C=O) groups is 1. The van der Waals surface area contributed by atoms with E-state index in [1.54, 1.807) is 4.90 Å². The highest BCUT2D eigenvalue weighted by molar-refractivity contribution is 7.80. The first-order valence-corrected chi connectivity index (χ1v) is 6.01. The lowest BCUT2D eigenvalue weighted by Gasteiger charge is -2.16. The normalized spacial score (nSPS) is 18.0. The van der Waals surface area contributed by atoms with Crippen LogP contribution in [0.3, 0.4) is 0 Å². The summed E-state index contributed by atoms with van der Waals surface area (Å²) in [5.74, 6) is 0.402. The van der Waals surface area contributed by atoms with Crippen molar-refractivity contribution < 1.29 is 14.6 Å². The summed E-state index contributed by atoms with van der Waals surface area (Å²) in [7, 11) is 3.66. The van der Waals surface area contributed by atoms with Crippen molar-refractivity contribution in [2.24, 2.45) is 11.7 Å². The van der Waals surface area contributed by atoms with E-state index in [-0.39, 0.29) is 5.92 Å². The molecule has 1 aliphatic carbocycles. The maximum atomic E-state index is 11.2. The van der Waals surface area contributed by atoms with Gasteiger partial charge < -0.3 is 20.5 Å². The second-order valence-corrected chi connectivity index (χ2v) is 4.63. The van der Waals surface area contributed by atoms with E-state index in [1.807, 2.05) is 14.1 Å². The van der Waals surface area contributed by atoms with E-state index in [1.165, 1.54) is 0 Å². The molecule has 1 rings (SSSR count). The predicted octanol–water partition coefficient (Wildman–Crippen LogP) is 1.01. The molecule has 0 amide bonds. The molecular formula is C10H18N2O3S2. The van der Waals surface area contributed by atoms with Crippen LogP contribution in [0.25, 0.3) is 0 Å². The zero-order valence-electron chi connectivity index (χ0n) is 10.0. The van der Waals surface area contributed by atoms with Crippen molar-refractivity contribution in [1.29, 1.82) is 0 Å². The van der Waals surface area contributed by atoms with E-state index in [0.29, 0.717) is 24.0 Å². The number of Topliss-reactive ketones (excluding diaryl/α,β-unsaturated/α-hetero) is 1. The van der Waals surface area contributed by atoms with Gasteiger partial charge in [0, 0.05) is 20.5 Å². The third kappa shape index (κ3) is 7.87. The maximum Gasteiger partial charge on any atom is 0.258 e. The lowest BCUT2D eigenvalue weighted by molar-refractivity contribution is -0.121. The van der Waals surface area contributed by atoms with Gasteiger partial charge in [-0.3, -0.25) is 4.79 Å². The summed E-state index contributed by atoms with van der Waals surface area (Å²) in [6, 6.07) is 0. The standard InChI is InChI=1S/C9H15NO2S.CH3NOS/c1-10(2)9(13)12-6-7-4-3-5-8(7)11;2-1(3)4/h7H,3-6H2,1-2H3;(H3,2,3,4). The van der Waals surface area contributed by atoms with Gasteiger partial charge in [-0.1, -0.05) is 0 Å². The Balaban J connectivity index is 0.000000557. The van der Waals surface area contributed by atoms with Crippen LogP contribution in [0.5, 0.6) is 0 Å². The molecule has 98 valence electrons. The summed E-state index contributed by atoms with van der Waals surface area (Å²) in [6.45, 7) is 0.454. The summed E-state index contributed by atoms with van der Waals surface area (Å²) >= 11 is 8.81. The topological polar surface area (TPSA) is 75.8 Å². The Bertz CT molecular complexity index is 291. The summed E-state index contributed by atoms with van der Waals surface area (Å²) < 4.78 is 5.29. The van der Waals surface area contributed by atoms with E-state index in [9.17, 15) is 4.79 Å². The van der Waals surface area contributed by atoms with Gasteiger partial charge in [0.15, 0.2) is 0 Å². The molecule has 0 radical (unpaired) electrons. The second-order valence-electron chi connectivity index (χ2n) is 3.87. The molecule has 0 heterocycles. The van der Waals surface area contributed by atoms with Crippen molar-refractivity contribution in [3.63, 3.8) is 0 Å². The van der Waals surface area contributed by atoms with Crippen LogP contribution in [0.1, 0.15) is 19.3 Å². The number of nitrogens with zero attached hydrogens (tertiary/aromatic N) is 1. The number of rotatable bonds is 2. The fourth-order valence-corrected chi connectivity index (χ4v) is 1.43. The van der Waals surface area contributed by atoms with Crippen LogP contribution in [0, 0.1) is 5.92 Å². The summed E-state index contributed by atoms with van der Waals surface area (Å²) in [5.41, 5.74) is 4.40. The molecule has 1 atom stereocenters. The van der Waals surface area contributed by atoms with Gasteiger partial charge in [-0.2, -0.15) is 0 Å². The predicted molar refractivity (Wildman–Crippen MR) is 74.0 cm³/mol. The van der Waals surface area contributed by atoms with Crippen molar-refractivity contribution in [2.45, 2.75) is 19.3 Å². The van der Waals surface area contributed by atoms with Crippen molar-refractivity contribution in [3.8, 4) is 0 Å². The third-order valence-electron chi connectivity index (χ3n) is 2.20. The van der Waals surface area contributed by atoms with Crippen LogP contribution in [-0.2, 0) is 9.53 Å². The Labute approximate surface area is 112 Å². The molecular weight excluding hydrogens is 260 g/mol. The van der Waals surface area contributed by atoms with Crippen LogP contribution in [0.2, 0.25) is 0 Å². The zero-order valence-corrected chi connectivity index (χ0v) is 11.6. The molecule has 3 N–H and O–H groups in total. The highest BCUT2D eigenvalue weighted by Crippen LogP contribution is 2.21. The summed E-state index contributed by atoms with van der Waals surface area (Å²) in [6.07, 6.45) is 2.67. The number of thiocarbonyl (C=S) groups is 2. The Morgan fingerprint density at radius 3 is 2.47 bits per heavy atom. The number of hydrogen-bond donors (Lipinski definition) is 2. The number of aliphatic hydroxyl groups is 1. The number of carbonyl (C=O) groups excluding carboxylic acids is 1. The Morgan fingerprint density at radius 1 is 1.59 bits per heavy atom. The van der Waals surface area contributed by atoms with Crippen molar-refractivity contribution >= 4 is 40.6 Å². The molecule has 1 aliphatic rings. The van der Waals surface area contributed by atoms with E-state index >= 15 is 0 Å². The monoisotopic (exact) mass is 278 g/mol. The highest BCUT2D eigenvalue weighted by Gasteiger charge is 2.25. The fraction of sp³-hybridized carbons (Fsp3) is 0.700. The number of aliphatic hydroxyl groups excluding tert-OH is 1. The SMILES string of the molecule is CN(C)C(=S)OCC1CCCC1=O.NC(O)=S. The molecule has 0 spiro atoms. The molecule has 0 aliphatic heterocycles. The minimum absolute atomic E-state index is 0.0814. The molecule has 0 aromatic heterocycles. The van der Waals surface area contributed by atoms with E-state index in [0.717, 1.165) is 12.8 Å². The van der Waals surface area contributed by atoms with Crippen LogP contribution in [-0.4, -0.2) is 46.8 Å². The number of nitrogens with two attached hydrogens (primary N) is 1. The first kappa shape index (κ1) is 16.1. The molecule has 7 heteroatoms. The van der Waals surface area contributed by atoms with E-state index in [2.05, 4.69) is 18.0 Å². The third-order valence-corrected chi connectivity index (χ3v) is 2.69. The fourth-order valence-electron chi connectivity index (χ4n) is 1.37. The quantitative estimate of drug-likeness (QED) is 0.730. The minimum atomic E-state index is -0.500. The molecule has 1 unspecified atom stereocenters. The minimum Gasteiger partial charge on any atom is -0.487 e. The molecule has 5 nitrogen and oxygen atoms in total. The largest absolute Gasteiger partial charge is 0.487 e. The smallest absolute Gasteiger partial charge is 0.258 e. The van der Waals surface area contributed by atoms with Gasteiger partial charge in [0.1, 0.15) is 12.4 Å². The van der Waals surface area contributed by atoms with E-state index in [4.69, 9.17) is 22.1 Å². The van der Waals surface area contributed by atoms with Gasteiger partial charge >= 0.3 is 0 Å². The first-order valence-electron chi connectivity index (χ1n) is 5.19. The van der Waals surface area contributed by atoms with Crippen LogP contribution >= 0.6 is 24.4 Å². The van der Waals surface area contributed by atoms with Crippen molar-refractivity contribution in [2.75, 3.05) is 20.7 Å². The number of hydrogen-bond acceptors (Lipinski definition) is 4. The lowest BCUT2D eigenvalue weighted by Crippen LogP contribution is -2.26. The maximum absolute atomic E-state index is 11.2. The number of ether oxygens (including phenoxy) is 1. The molecule has 0 aromatic rings. The second kappa shape index (κ2) is 8.19. The molecule has 0 saturated heterocycles. The first-order chi connectivity index (χ1) is 7.84. The average molecular weight is 278 g/mol. The van der Waals surface area contributed by atoms with Gasteiger partial charge in [0.25, 0.3) is 10.3 Å². The summed E-state index contributed by atoms with van der Waals surface area (Å²) in [4.78, 5) is 13.0. The Kier molecular flexibility index (Phi) is 7.73. The van der Waals surface area contributed by atoms with Gasteiger partial charge in [-0.15, -0.1) is 0 Å². The number of ketones is 1. The lowest BCUT2D eigenvalue weighted by atomic mass is 10.1. The van der Waals surface area contributed by atoms with Gasteiger partial charge in [-0.25, -0.2) is 0 Å². The molecule has 17 heavy (non-hydrogen) atoms. The molecule has 0 aromatic carbocycles. The van der Waals surface area contributed by atoms with Crippen LogP contribution in [0.4, 0.5) is 0 Å². The van der Waals surface area contributed by atoms with E-state index < -0.39 is 5.17 Å². The van der Waals surface area contributed by atoms with Gasteiger partial charge in [0.2, 0.25) is 0 Å². The average Bonchev–Trinajstić information content (AvgIpc) is 2.59. The molecule has 1 fully saturated rings. The van der Waals surface area contributed by atoms with Gasteiger partial charge in [-0.05, 0) is 37.3 Å². The zero-order chi connectivity index (χ0) is 13.4. The summed E-state index contributed by atoms with van der Waals surface area (Å²) in [5, 5.41) is 7.52. The van der Waals surface area contributed by atoms with Gasteiger partial charge in [0.05, 0.1) is 5.92 Å². The highest BCUT2D eigenvalue weighted by atomic mass is 32.1. The Hall–Kier alpha value is -0.950. The van der Waals surface area contributed by atoms with Crippen molar-refractivity contribution in [3.05, 3.63) is 0 Å². The van der Waals surface area contributed by atoms with Crippen LogP contribution in [0.15, 0.2) is 0 Å². The molecule has 0 bridgehead atoms.